The van der Waals surface area contributed by atoms with Crippen LogP contribution in [0.4, 0.5) is 0 Å². The van der Waals surface area contributed by atoms with Crippen LogP contribution in [0.15, 0.2) is 0 Å². The molecule has 4 heteroatoms. The Morgan fingerprint density at radius 3 is 3.00 bits per heavy atom. The smallest absolute Gasteiger partial charge is 0.190 e. The molecular formula is C8H12O4. The van der Waals surface area contributed by atoms with Gasteiger partial charge in [-0.3, -0.25) is 4.79 Å². The molecule has 2 fully saturated rings. The Hall–Kier alpha value is -0.450. The molecule has 0 N–H and O–H groups in total. The van der Waals surface area contributed by atoms with Crippen molar-refractivity contribution in [1.29, 1.82) is 0 Å². The van der Waals surface area contributed by atoms with Crippen LogP contribution in [-0.4, -0.2) is 37.0 Å². The number of fused-ring (bicyclic) bond motifs is 1. The number of hydrogen-bond acceptors (Lipinski definition) is 4. The summed E-state index contributed by atoms with van der Waals surface area (Å²) in [6.45, 7) is 3.98. The van der Waals surface area contributed by atoms with Crippen molar-refractivity contribution in [1.82, 2.24) is 0 Å². The van der Waals surface area contributed by atoms with Crippen LogP contribution in [-0.2, 0) is 19.0 Å². The van der Waals surface area contributed by atoms with E-state index in [1.54, 1.807) is 0 Å². The van der Waals surface area contributed by atoms with Crippen LogP contribution in [0.25, 0.3) is 0 Å². The van der Waals surface area contributed by atoms with E-state index in [0.29, 0.717) is 0 Å². The van der Waals surface area contributed by atoms with Gasteiger partial charge in [0, 0.05) is 0 Å². The van der Waals surface area contributed by atoms with Crippen LogP contribution < -0.4 is 0 Å². The third-order valence-corrected chi connectivity index (χ3v) is 1.91. The molecule has 2 saturated heterocycles. The first kappa shape index (κ1) is 8.16. The predicted octanol–water partition coefficient (Wildman–Crippen LogP) is 0.104. The van der Waals surface area contributed by atoms with E-state index < -0.39 is 0 Å². The molecule has 2 aliphatic heterocycles. The Bertz CT molecular complexity index is 201. The van der Waals surface area contributed by atoms with E-state index in [-0.39, 0.29) is 37.0 Å². The fraction of sp³-hybridized carbons (Fsp3) is 0.875. The van der Waals surface area contributed by atoms with Gasteiger partial charge in [0.25, 0.3) is 0 Å². The third kappa shape index (κ3) is 1.37. The van der Waals surface area contributed by atoms with Crippen LogP contribution >= 0.6 is 0 Å². The second-order valence-corrected chi connectivity index (χ2v) is 3.35. The monoisotopic (exact) mass is 172 g/mol. The van der Waals surface area contributed by atoms with Crippen LogP contribution in [0, 0.1) is 0 Å². The Balaban J connectivity index is 1.90. The highest BCUT2D eigenvalue weighted by atomic mass is 16.7. The minimum absolute atomic E-state index is 0.0311. The van der Waals surface area contributed by atoms with Gasteiger partial charge in [-0.05, 0) is 13.8 Å². The van der Waals surface area contributed by atoms with E-state index in [1.165, 1.54) is 0 Å². The lowest BCUT2D eigenvalue weighted by Crippen LogP contribution is -2.37. The maximum absolute atomic E-state index is 11.0. The summed E-state index contributed by atoms with van der Waals surface area (Å²) in [5.41, 5.74) is 0. The number of carbonyl (C=O) groups is 1. The molecule has 2 heterocycles. The lowest BCUT2D eigenvalue weighted by atomic mass is 10.2. The van der Waals surface area contributed by atoms with Gasteiger partial charge in [0.15, 0.2) is 12.1 Å². The summed E-state index contributed by atoms with van der Waals surface area (Å²) in [6.07, 6.45) is -0.628. The standard InChI is InChI=1S/C8H12O4/c1-4(2)11-8-7-6(12-7)5(9)3-10-8/h4,6-8H,3H2,1-2H3. The first-order chi connectivity index (χ1) is 5.68. The first-order valence-electron chi connectivity index (χ1n) is 4.13. The molecule has 3 unspecified atom stereocenters. The fourth-order valence-electron chi connectivity index (χ4n) is 1.32. The highest BCUT2D eigenvalue weighted by molar-refractivity contribution is 5.87. The topological polar surface area (TPSA) is 48.1 Å². The molecule has 4 nitrogen and oxygen atoms in total. The van der Waals surface area contributed by atoms with Crippen LogP contribution in [0.1, 0.15) is 13.8 Å². The summed E-state index contributed by atoms with van der Waals surface area (Å²) >= 11 is 0. The summed E-state index contributed by atoms with van der Waals surface area (Å²) in [7, 11) is 0. The molecule has 0 aromatic rings. The number of epoxide rings is 1. The molecular weight excluding hydrogens is 160 g/mol. The Morgan fingerprint density at radius 1 is 1.58 bits per heavy atom. The summed E-state index contributed by atoms with van der Waals surface area (Å²) in [4.78, 5) is 11.0. The molecule has 0 saturated carbocycles. The van der Waals surface area contributed by atoms with Crippen molar-refractivity contribution < 1.29 is 19.0 Å². The van der Waals surface area contributed by atoms with E-state index in [9.17, 15) is 4.79 Å². The minimum atomic E-state index is -0.340. The summed E-state index contributed by atoms with van der Waals surface area (Å²) in [6, 6.07) is 0. The molecule has 68 valence electrons. The van der Waals surface area contributed by atoms with Crippen LogP contribution in [0.3, 0.4) is 0 Å². The van der Waals surface area contributed by atoms with Gasteiger partial charge >= 0.3 is 0 Å². The number of carbonyl (C=O) groups excluding carboxylic acids is 1. The van der Waals surface area contributed by atoms with Crippen molar-refractivity contribution in [3.05, 3.63) is 0 Å². The van der Waals surface area contributed by atoms with Crippen molar-refractivity contribution in [3.63, 3.8) is 0 Å². The van der Waals surface area contributed by atoms with E-state index >= 15 is 0 Å². The van der Waals surface area contributed by atoms with E-state index in [4.69, 9.17) is 14.2 Å². The zero-order valence-corrected chi connectivity index (χ0v) is 7.15. The second-order valence-electron chi connectivity index (χ2n) is 3.35. The van der Waals surface area contributed by atoms with Gasteiger partial charge in [0.05, 0.1) is 6.10 Å². The molecule has 0 aliphatic carbocycles. The molecule has 0 amide bonds. The average molecular weight is 172 g/mol. The molecule has 3 atom stereocenters. The molecule has 0 spiro atoms. The van der Waals surface area contributed by atoms with Crippen molar-refractivity contribution in [3.8, 4) is 0 Å². The Kier molecular flexibility index (Phi) is 1.90. The average Bonchev–Trinajstić information content (AvgIpc) is 2.73. The molecule has 0 aromatic heterocycles. The summed E-state index contributed by atoms with van der Waals surface area (Å²) < 4.78 is 15.7. The third-order valence-electron chi connectivity index (χ3n) is 1.91. The van der Waals surface area contributed by atoms with Gasteiger partial charge in [0.1, 0.15) is 18.8 Å². The van der Waals surface area contributed by atoms with E-state index in [1.807, 2.05) is 13.8 Å². The van der Waals surface area contributed by atoms with E-state index in [0.717, 1.165) is 0 Å². The SMILES string of the molecule is CC(C)OC1OCC(=O)C2OC12. The van der Waals surface area contributed by atoms with Crippen molar-refractivity contribution in [2.24, 2.45) is 0 Å². The summed E-state index contributed by atoms with van der Waals surface area (Å²) in [5, 5.41) is 0. The van der Waals surface area contributed by atoms with Crippen molar-refractivity contribution in [2.45, 2.75) is 38.4 Å². The first-order valence-corrected chi connectivity index (χ1v) is 4.13. The van der Waals surface area contributed by atoms with Gasteiger partial charge in [-0.25, -0.2) is 0 Å². The highest BCUT2D eigenvalue weighted by Gasteiger charge is 2.54. The lowest BCUT2D eigenvalue weighted by molar-refractivity contribution is -0.181. The molecule has 2 rings (SSSR count). The maximum Gasteiger partial charge on any atom is 0.190 e. The predicted molar refractivity (Wildman–Crippen MR) is 39.6 cm³/mol. The van der Waals surface area contributed by atoms with Crippen LogP contribution in [0.2, 0.25) is 0 Å². The van der Waals surface area contributed by atoms with Gasteiger partial charge < -0.3 is 14.2 Å². The number of Topliss-reactive ketones (excluding diaryl/α,β-unsaturated/α-hetero) is 1. The van der Waals surface area contributed by atoms with Crippen molar-refractivity contribution >= 4 is 5.78 Å². The zero-order valence-electron chi connectivity index (χ0n) is 7.15. The summed E-state index contributed by atoms with van der Waals surface area (Å²) in [5.74, 6) is 0.0311. The number of ether oxygens (including phenoxy) is 3. The highest BCUT2D eigenvalue weighted by Crippen LogP contribution is 2.32. The number of hydrogen-bond donors (Lipinski definition) is 0. The van der Waals surface area contributed by atoms with Gasteiger partial charge in [0.2, 0.25) is 0 Å². The molecule has 12 heavy (non-hydrogen) atoms. The molecule has 0 bridgehead atoms. The second kappa shape index (κ2) is 2.80. The normalized spacial score (nSPS) is 39.9. The number of rotatable bonds is 2. The Labute approximate surface area is 70.8 Å². The van der Waals surface area contributed by atoms with Gasteiger partial charge in [-0.15, -0.1) is 0 Å². The molecule has 2 aliphatic rings. The lowest BCUT2D eigenvalue weighted by Gasteiger charge is -2.21. The quantitative estimate of drug-likeness (QED) is 0.554. The minimum Gasteiger partial charge on any atom is -0.356 e. The molecule has 0 radical (unpaired) electrons. The van der Waals surface area contributed by atoms with Gasteiger partial charge in [-0.2, -0.15) is 0 Å². The maximum atomic E-state index is 11.0. The molecule has 0 aromatic carbocycles. The number of ketones is 1. The van der Waals surface area contributed by atoms with Crippen molar-refractivity contribution in [2.75, 3.05) is 6.61 Å². The fourth-order valence-corrected chi connectivity index (χ4v) is 1.32. The zero-order chi connectivity index (χ0) is 8.72. The largest absolute Gasteiger partial charge is 0.356 e. The Morgan fingerprint density at radius 2 is 2.33 bits per heavy atom. The van der Waals surface area contributed by atoms with Crippen LogP contribution in [0.5, 0.6) is 0 Å². The van der Waals surface area contributed by atoms with Gasteiger partial charge in [-0.1, -0.05) is 0 Å². The van der Waals surface area contributed by atoms with E-state index in [2.05, 4.69) is 0 Å².